The summed E-state index contributed by atoms with van der Waals surface area (Å²) in [5.41, 5.74) is 1.47. The first-order chi connectivity index (χ1) is 4.72. The van der Waals surface area contributed by atoms with Crippen LogP contribution in [0.15, 0.2) is 0 Å². The second kappa shape index (κ2) is 18.9. The van der Waals surface area contributed by atoms with Crippen LogP contribution in [-0.2, 0) is 25.9 Å². The van der Waals surface area contributed by atoms with Gasteiger partial charge < -0.3 is 22.3 Å². The molecule has 0 bridgehead atoms. The zero-order valence-electron chi connectivity index (χ0n) is 7.70. The van der Waals surface area contributed by atoms with E-state index in [0.717, 1.165) is 0 Å². The summed E-state index contributed by atoms with van der Waals surface area (Å²) < 4.78 is 0. The van der Waals surface area contributed by atoms with Crippen LogP contribution in [0, 0.1) is 19.0 Å². The first kappa shape index (κ1) is 23.8. The fourth-order valence-corrected chi connectivity index (χ4v) is 0.345. The van der Waals surface area contributed by atoms with Crippen LogP contribution >= 0.6 is 9.24 Å². The van der Waals surface area contributed by atoms with Crippen LogP contribution in [0.2, 0.25) is 0 Å². The average molecular weight is 386 g/mol. The molecular formula is C6H14KNO2PW-. The van der Waals surface area contributed by atoms with Crippen molar-refractivity contribution in [2.75, 3.05) is 0 Å². The van der Waals surface area contributed by atoms with E-state index in [4.69, 9.17) is 5.21 Å². The number of carbonyl (C=O) groups excluding carboxylic acids is 1. The van der Waals surface area contributed by atoms with Gasteiger partial charge in [-0.2, -0.15) is 0 Å². The summed E-state index contributed by atoms with van der Waals surface area (Å²) in [7, 11) is 2.23. The topological polar surface area (TPSA) is 49.3 Å². The maximum absolute atomic E-state index is 10.3. The van der Waals surface area contributed by atoms with E-state index in [0.29, 0.717) is 0 Å². The molecule has 6 heteroatoms. The van der Waals surface area contributed by atoms with Crippen molar-refractivity contribution < 1.29 is 82.5 Å². The molecular weight excluding hydrogens is 372 g/mol. The zero-order valence-corrected chi connectivity index (χ0v) is 14.9. The molecule has 0 spiro atoms. The first-order valence-corrected chi connectivity index (χ1v) is 3.71. The van der Waals surface area contributed by atoms with Gasteiger partial charge in [-0.3, -0.25) is 10.0 Å². The molecule has 0 saturated heterocycles. The van der Waals surface area contributed by atoms with Gasteiger partial charge in [-0.15, -0.1) is 0 Å². The molecule has 0 aromatic rings. The molecule has 0 aliphatic rings. The van der Waals surface area contributed by atoms with Crippen molar-refractivity contribution >= 4 is 15.1 Å². The van der Waals surface area contributed by atoms with E-state index in [1.807, 2.05) is 13.8 Å². The van der Waals surface area contributed by atoms with E-state index >= 15 is 0 Å². The van der Waals surface area contributed by atoms with Crippen molar-refractivity contribution in [1.29, 1.82) is 0 Å². The summed E-state index contributed by atoms with van der Waals surface area (Å²) in [6.07, 6.45) is 1.51. The summed E-state index contributed by atoms with van der Waals surface area (Å²) in [5, 5.41) is 7.97. The van der Waals surface area contributed by atoms with Gasteiger partial charge in [0.2, 0.25) is 0 Å². The number of nitrogens with one attached hydrogen (secondary N) is 1. The van der Waals surface area contributed by atoms with Gasteiger partial charge in [0.15, 0.2) is 5.91 Å². The molecule has 0 aromatic heterocycles. The minimum absolute atomic E-state index is 0. The third-order valence-corrected chi connectivity index (χ3v) is 1.14. The summed E-state index contributed by atoms with van der Waals surface area (Å²) >= 11 is 0. The Morgan fingerprint density at radius 1 is 1.67 bits per heavy atom. The van der Waals surface area contributed by atoms with Gasteiger partial charge in [-0.1, -0.05) is 13.8 Å². The summed E-state index contributed by atoms with van der Waals surface area (Å²) in [6, 6.07) is 0. The summed E-state index contributed by atoms with van der Waals surface area (Å²) in [4.78, 5) is 10.3. The molecule has 0 aliphatic carbocycles. The quantitative estimate of drug-likeness (QED) is 0.190. The van der Waals surface area contributed by atoms with Crippen molar-refractivity contribution in [1.82, 2.24) is 5.48 Å². The molecule has 0 radical (unpaired) electrons. The Kier molecular flexibility index (Phi) is 37.4. The minimum Gasteiger partial charge on any atom is -0.360 e. The molecule has 3 nitrogen and oxygen atoms in total. The van der Waals surface area contributed by atoms with Gasteiger partial charge in [0, 0.05) is 21.1 Å². The Bertz CT molecular complexity index is 97.6. The van der Waals surface area contributed by atoms with Crippen LogP contribution < -0.4 is 56.9 Å². The van der Waals surface area contributed by atoms with Gasteiger partial charge in [0.1, 0.15) is 0 Å². The fourth-order valence-electron chi connectivity index (χ4n) is 0.170. The second-order valence-corrected chi connectivity index (χ2v) is 1.66. The molecule has 0 aliphatic heterocycles. The molecule has 12 heavy (non-hydrogen) atoms. The largest absolute Gasteiger partial charge is 1.00 e. The molecule has 0 heterocycles. The van der Waals surface area contributed by atoms with E-state index in [9.17, 15) is 4.79 Å². The first-order valence-electron chi connectivity index (χ1n) is 3.04. The Balaban J connectivity index is -0.0000000740. The molecule has 0 rings (SSSR count). The van der Waals surface area contributed by atoms with Crippen LogP contribution in [0.1, 0.15) is 13.8 Å². The standard InChI is InChI=1S/C4H8NO2P.C2H6.K.W/c1-3(2-8)4(6)5-7;1-2;;/h2-3,7H,1,8H2,(H,5,6);1-2H3;;/q-2;;+1;. The van der Waals surface area contributed by atoms with Crippen molar-refractivity contribution in [2.45, 2.75) is 13.8 Å². The Hall–Kier alpha value is 2.18. The molecule has 1 amide bonds. The molecule has 2 atom stereocenters. The Morgan fingerprint density at radius 2 is 2.00 bits per heavy atom. The molecule has 0 fully saturated rings. The molecule has 2 unspecified atom stereocenters. The zero-order chi connectivity index (χ0) is 8.57. The summed E-state index contributed by atoms with van der Waals surface area (Å²) in [5.74, 6) is -0.995. The Labute approximate surface area is 134 Å². The molecule has 68 valence electrons. The molecule has 2 N–H and O–H groups in total. The number of hydrogen-bond donors (Lipinski definition) is 2. The maximum Gasteiger partial charge on any atom is 1.00 e. The van der Waals surface area contributed by atoms with Crippen molar-refractivity contribution in [2.24, 2.45) is 5.92 Å². The fraction of sp³-hybridized carbons (Fsp3) is 0.500. The van der Waals surface area contributed by atoms with Crippen LogP contribution in [0.3, 0.4) is 0 Å². The van der Waals surface area contributed by atoms with E-state index in [-0.39, 0.29) is 72.4 Å². The van der Waals surface area contributed by atoms with Crippen LogP contribution in [0.25, 0.3) is 0 Å². The van der Waals surface area contributed by atoms with Crippen LogP contribution in [0.5, 0.6) is 0 Å². The van der Waals surface area contributed by atoms with E-state index in [2.05, 4.69) is 16.2 Å². The van der Waals surface area contributed by atoms with E-state index < -0.39 is 11.8 Å². The van der Waals surface area contributed by atoms with Crippen LogP contribution in [0.4, 0.5) is 0 Å². The SMILES string of the molecule is CC.[CH2-]C([CH-]P)C(=O)NO.[K+].[W]. The molecule has 0 saturated carbocycles. The third kappa shape index (κ3) is 14.7. The van der Waals surface area contributed by atoms with Gasteiger partial charge in [-0.25, -0.2) is 11.4 Å². The van der Waals surface area contributed by atoms with Gasteiger partial charge in [0.25, 0.3) is 0 Å². The maximum atomic E-state index is 10.3. The minimum atomic E-state index is -0.500. The van der Waals surface area contributed by atoms with E-state index in [1.165, 1.54) is 11.6 Å². The predicted octanol–water partition coefficient (Wildman–Crippen LogP) is -1.99. The van der Waals surface area contributed by atoms with Crippen molar-refractivity contribution in [3.8, 4) is 0 Å². The van der Waals surface area contributed by atoms with Crippen molar-refractivity contribution in [3.05, 3.63) is 13.1 Å². The number of rotatable bonds is 2. The second-order valence-electron chi connectivity index (χ2n) is 1.27. The monoisotopic (exact) mass is 386 g/mol. The van der Waals surface area contributed by atoms with Gasteiger partial charge in [-0.05, 0) is 0 Å². The number of amides is 1. The number of hydrogen-bond acceptors (Lipinski definition) is 2. The number of hydroxylamine groups is 1. The smallest absolute Gasteiger partial charge is 0.360 e. The predicted molar refractivity (Wildman–Crippen MR) is 44.1 cm³/mol. The third-order valence-electron chi connectivity index (χ3n) is 0.679. The summed E-state index contributed by atoms with van der Waals surface area (Å²) in [6.45, 7) is 7.38. The van der Waals surface area contributed by atoms with Crippen LogP contribution in [-0.4, -0.2) is 11.1 Å². The Morgan fingerprint density at radius 3 is 2.08 bits per heavy atom. The van der Waals surface area contributed by atoms with Crippen molar-refractivity contribution in [3.63, 3.8) is 0 Å². The van der Waals surface area contributed by atoms with Gasteiger partial charge in [0.05, 0.1) is 0 Å². The van der Waals surface area contributed by atoms with E-state index in [1.54, 1.807) is 0 Å². The normalized spacial score (nSPS) is 9.08. The number of carbonyl (C=O) groups is 1. The van der Waals surface area contributed by atoms with Gasteiger partial charge >= 0.3 is 51.4 Å². The molecule has 0 aromatic carbocycles. The average Bonchev–Trinajstić information content (AvgIpc) is 2.05.